The molecule has 0 saturated heterocycles. The van der Waals surface area contributed by atoms with E-state index in [0.29, 0.717) is 0 Å². The Hall–Kier alpha value is -0.0600. The molecule has 1 rings (SSSR count). The van der Waals surface area contributed by atoms with Crippen molar-refractivity contribution in [2.45, 2.75) is 6.42 Å². The molecule has 0 spiro atoms. The molecule has 0 N–H and O–H groups in total. The number of thiazole rings is 1. The Morgan fingerprint density at radius 3 is 3.00 bits per heavy atom. The van der Waals surface area contributed by atoms with Crippen LogP contribution in [0.2, 0.25) is 0 Å². The van der Waals surface area contributed by atoms with Gasteiger partial charge in [-0.1, -0.05) is 0 Å². The van der Waals surface area contributed by atoms with Crippen LogP contribution >= 0.6 is 23.1 Å². The van der Waals surface area contributed by atoms with Gasteiger partial charge in [0.2, 0.25) is 0 Å². The lowest BCUT2D eigenvalue weighted by molar-refractivity contribution is 0.360. The molecule has 0 aromatic carbocycles. The summed E-state index contributed by atoms with van der Waals surface area (Å²) in [4.78, 5) is 6.61. The first-order valence-electron chi connectivity index (χ1n) is 4.39. The number of rotatable bonds is 6. The smallest absolute Gasteiger partial charge is 0.0937 e. The van der Waals surface area contributed by atoms with Crippen LogP contribution in [0.1, 0.15) is 5.01 Å². The van der Waals surface area contributed by atoms with Crippen molar-refractivity contribution in [3.8, 4) is 0 Å². The Balaban J connectivity index is 2.11. The maximum Gasteiger partial charge on any atom is 0.0937 e. The molecule has 0 amide bonds. The molecule has 1 aromatic heterocycles. The van der Waals surface area contributed by atoms with E-state index in [4.69, 9.17) is 0 Å². The summed E-state index contributed by atoms with van der Waals surface area (Å²) in [5, 5.41) is 3.29. The summed E-state index contributed by atoms with van der Waals surface area (Å²) < 4.78 is 0. The van der Waals surface area contributed by atoms with E-state index in [0.717, 1.165) is 13.0 Å². The van der Waals surface area contributed by atoms with Gasteiger partial charge in [0.05, 0.1) is 5.01 Å². The minimum Gasteiger partial charge on any atom is -0.305 e. The molecule has 74 valence electrons. The Morgan fingerprint density at radius 1 is 1.54 bits per heavy atom. The van der Waals surface area contributed by atoms with Crippen LogP contribution in [0.15, 0.2) is 11.6 Å². The van der Waals surface area contributed by atoms with Crippen molar-refractivity contribution in [3.63, 3.8) is 0 Å². The lowest BCUT2D eigenvalue weighted by Gasteiger charge is -2.14. The average molecular weight is 216 g/mol. The van der Waals surface area contributed by atoms with Crippen molar-refractivity contribution in [1.29, 1.82) is 0 Å². The van der Waals surface area contributed by atoms with Crippen LogP contribution in [0, 0.1) is 0 Å². The predicted molar refractivity (Wildman–Crippen MR) is 61.7 cm³/mol. The van der Waals surface area contributed by atoms with Crippen LogP contribution in [0.25, 0.3) is 0 Å². The third-order valence-electron chi connectivity index (χ3n) is 1.87. The molecule has 2 nitrogen and oxygen atoms in total. The highest BCUT2D eigenvalue weighted by Gasteiger charge is 1.99. The molecule has 0 aliphatic heterocycles. The Labute approximate surface area is 88.4 Å². The van der Waals surface area contributed by atoms with Crippen molar-refractivity contribution < 1.29 is 0 Å². The summed E-state index contributed by atoms with van der Waals surface area (Å²) in [5.41, 5.74) is 0. The number of likely N-dealkylation sites (N-methyl/N-ethyl adjacent to an activating group) is 1. The van der Waals surface area contributed by atoms with Gasteiger partial charge >= 0.3 is 0 Å². The van der Waals surface area contributed by atoms with Crippen molar-refractivity contribution >= 4 is 23.1 Å². The number of nitrogens with zero attached hydrogens (tertiary/aromatic N) is 2. The molecule has 4 heteroatoms. The van der Waals surface area contributed by atoms with Crippen LogP contribution in [0.5, 0.6) is 0 Å². The second-order valence-electron chi connectivity index (χ2n) is 2.97. The summed E-state index contributed by atoms with van der Waals surface area (Å²) in [5.74, 6) is 1.22. The van der Waals surface area contributed by atoms with E-state index in [9.17, 15) is 0 Å². The van der Waals surface area contributed by atoms with Gasteiger partial charge in [-0.05, 0) is 13.3 Å². The fraction of sp³-hybridized carbons (Fsp3) is 0.667. The molecule has 0 radical (unpaired) electrons. The molecule has 13 heavy (non-hydrogen) atoms. The van der Waals surface area contributed by atoms with Crippen molar-refractivity contribution in [1.82, 2.24) is 9.88 Å². The summed E-state index contributed by atoms with van der Waals surface area (Å²) in [6.45, 7) is 2.29. The second kappa shape index (κ2) is 6.40. The van der Waals surface area contributed by atoms with Gasteiger partial charge in [0.25, 0.3) is 0 Å². The number of thioether (sulfide) groups is 1. The maximum atomic E-state index is 4.26. The molecule has 0 aliphatic rings. The van der Waals surface area contributed by atoms with Gasteiger partial charge in [0.15, 0.2) is 0 Å². The largest absolute Gasteiger partial charge is 0.305 e. The minimum atomic E-state index is 1.09. The average Bonchev–Trinajstić information content (AvgIpc) is 2.64. The molecule has 0 bridgehead atoms. The molecular formula is C9H16N2S2. The van der Waals surface area contributed by atoms with E-state index < -0.39 is 0 Å². The lowest BCUT2D eigenvalue weighted by atomic mass is 10.4. The van der Waals surface area contributed by atoms with Crippen molar-refractivity contribution in [3.05, 3.63) is 16.6 Å². The van der Waals surface area contributed by atoms with Gasteiger partial charge < -0.3 is 4.90 Å². The quantitative estimate of drug-likeness (QED) is 0.723. The van der Waals surface area contributed by atoms with E-state index >= 15 is 0 Å². The summed E-state index contributed by atoms with van der Waals surface area (Å²) in [7, 11) is 2.17. The molecule has 0 saturated carbocycles. The highest BCUT2D eigenvalue weighted by atomic mass is 32.2. The first kappa shape index (κ1) is 11.0. The van der Waals surface area contributed by atoms with Crippen LogP contribution in [-0.4, -0.2) is 42.0 Å². The third kappa shape index (κ3) is 4.64. The SMILES string of the molecule is CSCCN(C)CCc1nccs1. The Bertz CT molecular complexity index is 211. The Morgan fingerprint density at radius 2 is 2.38 bits per heavy atom. The van der Waals surface area contributed by atoms with Gasteiger partial charge in [-0.3, -0.25) is 0 Å². The zero-order chi connectivity index (χ0) is 9.52. The van der Waals surface area contributed by atoms with E-state index in [1.807, 2.05) is 23.3 Å². The van der Waals surface area contributed by atoms with E-state index in [1.165, 1.54) is 17.3 Å². The number of hydrogen-bond donors (Lipinski definition) is 0. The lowest BCUT2D eigenvalue weighted by Crippen LogP contribution is -2.23. The molecule has 0 unspecified atom stereocenters. The summed E-state index contributed by atoms with van der Waals surface area (Å²) >= 11 is 3.64. The van der Waals surface area contributed by atoms with Gasteiger partial charge in [-0.2, -0.15) is 11.8 Å². The van der Waals surface area contributed by atoms with Crippen LogP contribution in [0.4, 0.5) is 0 Å². The fourth-order valence-corrected chi connectivity index (χ4v) is 2.13. The summed E-state index contributed by atoms with van der Waals surface area (Å²) in [6, 6.07) is 0. The van der Waals surface area contributed by atoms with Gasteiger partial charge in [0, 0.05) is 36.8 Å². The predicted octanol–water partition coefficient (Wildman–Crippen LogP) is 1.98. The van der Waals surface area contributed by atoms with E-state index in [2.05, 4.69) is 23.2 Å². The first-order valence-corrected chi connectivity index (χ1v) is 6.66. The summed E-state index contributed by atoms with van der Waals surface area (Å²) in [6.07, 6.45) is 5.11. The van der Waals surface area contributed by atoms with Crippen molar-refractivity contribution in [2.75, 3.05) is 32.1 Å². The van der Waals surface area contributed by atoms with E-state index in [1.54, 1.807) is 11.3 Å². The van der Waals surface area contributed by atoms with Crippen molar-refractivity contribution in [2.24, 2.45) is 0 Å². The van der Waals surface area contributed by atoms with Crippen LogP contribution in [0.3, 0.4) is 0 Å². The normalized spacial score (nSPS) is 11.0. The topological polar surface area (TPSA) is 16.1 Å². The van der Waals surface area contributed by atoms with Crippen LogP contribution < -0.4 is 0 Å². The molecule has 1 heterocycles. The van der Waals surface area contributed by atoms with Gasteiger partial charge in [-0.25, -0.2) is 4.98 Å². The molecule has 0 aliphatic carbocycles. The number of hydrogen-bond acceptors (Lipinski definition) is 4. The monoisotopic (exact) mass is 216 g/mol. The minimum absolute atomic E-state index is 1.09. The standard InChI is InChI=1S/C9H16N2S2/c1-11(6-8-12-2)5-3-9-10-4-7-13-9/h4,7H,3,5-6,8H2,1-2H3. The molecular weight excluding hydrogens is 200 g/mol. The first-order chi connectivity index (χ1) is 6.33. The molecule has 0 fully saturated rings. The zero-order valence-electron chi connectivity index (χ0n) is 8.19. The number of aromatic nitrogens is 1. The zero-order valence-corrected chi connectivity index (χ0v) is 9.83. The van der Waals surface area contributed by atoms with E-state index in [-0.39, 0.29) is 0 Å². The third-order valence-corrected chi connectivity index (χ3v) is 3.30. The molecule has 0 atom stereocenters. The van der Waals surface area contributed by atoms with Gasteiger partial charge in [-0.15, -0.1) is 11.3 Å². The highest BCUT2D eigenvalue weighted by Crippen LogP contribution is 2.05. The highest BCUT2D eigenvalue weighted by molar-refractivity contribution is 7.98. The van der Waals surface area contributed by atoms with Gasteiger partial charge in [0.1, 0.15) is 0 Å². The van der Waals surface area contributed by atoms with Crippen LogP contribution in [-0.2, 0) is 6.42 Å². The molecule has 1 aromatic rings. The fourth-order valence-electron chi connectivity index (χ4n) is 1.02. The second-order valence-corrected chi connectivity index (χ2v) is 4.94. The Kier molecular flexibility index (Phi) is 5.43. The maximum absolute atomic E-state index is 4.26.